The number of nitro groups is 1. The number of carbonyl (C=O) groups is 1. The molecule has 0 aliphatic heterocycles. The number of aromatic nitrogens is 2. The van der Waals surface area contributed by atoms with E-state index in [9.17, 15) is 19.7 Å². The zero-order chi connectivity index (χ0) is 18.3. The van der Waals surface area contributed by atoms with Crippen molar-refractivity contribution >= 4 is 39.9 Å². The van der Waals surface area contributed by atoms with Crippen molar-refractivity contribution in [1.82, 2.24) is 9.13 Å². The Morgan fingerprint density at radius 3 is 2.48 bits per heavy atom. The van der Waals surface area contributed by atoms with E-state index in [1.54, 1.807) is 19.1 Å². The highest BCUT2D eigenvalue weighted by atomic mass is 35.5. The summed E-state index contributed by atoms with van der Waals surface area (Å²) >= 11 is 5.91. The molecule has 0 fully saturated rings. The topological polar surface area (TPSA) is 87.1 Å². The Bertz CT molecular complexity index is 1110. The molecule has 0 spiro atoms. The summed E-state index contributed by atoms with van der Waals surface area (Å²) < 4.78 is 2.13. The second-order valence-corrected chi connectivity index (χ2v) is 5.87. The second-order valence-electron chi connectivity index (χ2n) is 5.43. The number of hydrogen-bond acceptors (Lipinski definition) is 4. The minimum atomic E-state index is -0.645. The molecule has 0 aliphatic rings. The Hall–Kier alpha value is -3.19. The zero-order valence-corrected chi connectivity index (χ0v) is 13.9. The minimum absolute atomic E-state index is 0.132. The van der Waals surface area contributed by atoms with Gasteiger partial charge in [0, 0.05) is 28.4 Å². The molecule has 25 heavy (non-hydrogen) atoms. The van der Waals surface area contributed by atoms with Crippen LogP contribution in [0.3, 0.4) is 0 Å². The van der Waals surface area contributed by atoms with Gasteiger partial charge in [-0.25, -0.2) is 9.36 Å². The van der Waals surface area contributed by atoms with Gasteiger partial charge in [0.15, 0.2) is 0 Å². The van der Waals surface area contributed by atoms with E-state index in [-0.39, 0.29) is 16.8 Å². The van der Waals surface area contributed by atoms with Crippen molar-refractivity contribution < 1.29 is 9.72 Å². The number of hydrogen-bond donors (Lipinski definition) is 0. The Morgan fingerprint density at radius 2 is 1.88 bits per heavy atom. The predicted octanol–water partition coefficient (Wildman–Crippen LogP) is 3.54. The van der Waals surface area contributed by atoms with E-state index in [2.05, 4.69) is 6.58 Å². The fourth-order valence-electron chi connectivity index (χ4n) is 2.62. The number of nitro benzene ring substituents is 1. The molecule has 0 amide bonds. The first-order chi connectivity index (χ1) is 11.8. The highest BCUT2D eigenvalue weighted by Crippen LogP contribution is 2.23. The van der Waals surface area contributed by atoms with Crippen molar-refractivity contribution in [3.05, 3.63) is 80.2 Å². The molecular weight excluding hydrogens is 346 g/mol. The summed E-state index contributed by atoms with van der Waals surface area (Å²) in [5, 5.41) is 11.4. The van der Waals surface area contributed by atoms with Gasteiger partial charge in [-0.2, -0.15) is 0 Å². The number of nitrogens with zero attached hydrogens (tertiary/aromatic N) is 3. The third-order valence-electron chi connectivity index (χ3n) is 3.69. The molecule has 0 atom stereocenters. The third kappa shape index (κ3) is 2.74. The van der Waals surface area contributed by atoms with Crippen LogP contribution >= 0.6 is 11.6 Å². The molecule has 0 aliphatic carbocycles. The quantitative estimate of drug-likeness (QED) is 0.529. The van der Waals surface area contributed by atoms with Gasteiger partial charge in [-0.1, -0.05) is 24.2 Å². The molecule has 7 nitrogen and oxygen atoms in total. The number of halogens is 1. The zero-order valence-electron chi connectivity index (χ0n) is 13.1. The van der Waals surface area contributed by atoms with Crippen LogP contribution in [0.1, 0.15) is 17.3 Å². The Balaban J connectivity index is 2.36. The molecule has 1 heterocycles. The Morgan fingerprint density at radius 1 is 1.16 bits per heavy atom. The average Bonchev–Trinajstić information content (AvgIpc) is 2.85. The van der Waals surface area contributed by atoms with Crippen LogP contribution in [0, 0.1) is 10.1 Å². The minimum Gasteiger partial charge on any atom is -0.268 e. The maximum absolute atomic E-state index is 12.8. The number of rotatable bonds is 3. The second kappa shape index (κ2) is 6.03. The van der Waals surface area contributed by atoms with Crippen molar-refractivity contribution in [3.63, 3.8) is 0 Å². The standard InChI is InChI=1S/C17H12ClN3O4/c1-10(2)19-14-7-6-13(21(24)25)9-15(14)20(17(19)23)16(22)11-4-3-5-12(18)8-11/h3-9H,1H2,2H3. The first-order valence-corrected chi connectivity index (χ1v) is 7.57. The molecule has 3 rings (SSSR count). The monoisotopic (exact) mass is 357 g/mol. The number of non-ortho nitro benzene ring substituents is 1. The molecule has 0 unspecified atom stereocenters. The number of allylic oxidation sites excluding steroid dienone is 1. The normalized spacial score (nSPS) is 10.8. The molecule has 8 heteroatoms. The van der Waals surface area contributed by atoms with Gasteiger partial charge < -0.3 is 0 Å². The number of fused-ring (bicyclic) bond motifs is 1. The lowest BCUT2D eigenvalue weighted by Gasteiger charge is -2.03. The molecular formula is C17H12ClN3O4. The van der Waals surface area contributed by atoms with E-state index < -0.39 is 16.5 Å². The van der Waals surface area contributed by atoms with E-state index in [0.29, 0.717) is 16.2 Å². The fraction of sp³-hybridized carbons (Fsp3) is 0.0588. The number of benzene rings is 2. The van der Waals surface area contributed by atoms with Crippen LogP contribution < -0.4 is 5.69 Å². The van der Waals surface area contributed by atoms with Gasteiger partial charge in [0.25, 0.3) is 11.6 Å². The molecule has 0 N–H and O–H groups in total. The van der Waals surface area contributed by atoms with E-state index in [1.165, 1.54) is 34.9 Å². The smallest absolute Gasteiger partial charge is 0.268 e. The van der Waals surface area contributed by atoms with Gasteiger partial charge in [0.2, 0.25) is 0 Å². The molecule has 0 saturated carbocycles. The van der Waals surface area contributed by atoms with Gasteiger partial charge in [0.05, 0.1) is 16.0 Å². The van der Waals surface area contributed by atoms with Crippen LogP contribution in [0.2, 0.25) is 5.02 Å². The summed E-state index contributed by atoms with van der Waals surface area (Å²) in [6, 6.07) is 10.0. The Labute approximate surface area is 146 Å². The number of carbonyl (C=O) groups excluding carboxylic acids is 1. The highest BCUT2D eigenvalue weighted by Gasteiger charge is 2.22. The fourth-order valence-corrected chi connectivity index (χ4v) is 2.81. The summed E-state index contributed by atoms with van der Waals surface area (Å²) in [7, 11) is 0. The van der Waals surface area contributed by atoms with Crippen molar-refractivity contribution in [3.8, 4) is 0 Å². The molecule has 126 valence electrons. The van der Waals surface area contributed by atoms with Gasteiger partial charge in [-0.05, 0) is 31.2 Å². The van der Waals surface area contributed by atoms with Gasteiger partial charge in [-0.3, -0.25) is 19.5 Å². The maximum Gasteiger partial charge on any atom is 0.340 e. The molecule has 2 aromatic carbocycles. The first kappa shape index (κ1) is 16.7. The lowest BCUT2D eigenvalue weighted by Crippen LogP contribution is -2.28. The summed E-state index contributed by atoms with van der Waals surface area (Å²) in [5.41, 5.74) is 0.209. The Kier molecular flexibility index (Phi) is 4.02. The summed E-state index contributed by atoms with van der Waals surface area (Å²) in [5.74, 6) is -0.627. The van der Waals surface area contributed by atoms with Crippen LogP contribution in [0.4, 0.5) is 5.69 Å². The molecule has 0 radical (unpaired) electrons. The van der Waals surface area contributed by atoms with Crippen LogP contribution in [-0.2, 0) is 0 Å². The molecule has 0 saturated heterocycles. The molecule has 0 bridgehead atoms. The van der Waals surface area contributed by atoms with Crippen molar-refractivity contribution in [1.29, 1.82) is 0 Å². The third-order valence-corrected chi connectivity index (χ3v) is 3.93. The summed E-state index contributed by atoms with van der Waals surface area (Å²) in [6.45, 7) is 5.34. The van der Waals surface area contributed by atoms with Crippen LogP contribution in [0.5, 0.6) is 0 Å². The van der Waals surface area contributed by atoms with Gasteiger partial charge in [-0.15, -0.1) is 0 Å². The average molecular weight is 358 g/mol. The number of imidazole rings is 1. The molecule has 1 aromatic heterocycles. The van der Waals surface area contributed by atoms with Crippen molar-refractivity contribution in [2.75, 3.05) is 0 Å². The highest BCUT2D eigenvalue weighted by molar-refractivity contribution is 6.31. The van der Waals surface area contributed by atoms with Crippen LogP contribution in [-0.4, -0.2) is 20.0 Å². The van der Waals surface area contributed by atoms with Gasteiger partial charge in [0.1, 0.15) is 0 Å². The van der Waals surface area contributed by atoms with E-state index in [0.717, 1.165) is 4.57 Å². The summed E-state index contributed by atoms with van der Waals surface area (Å²) in [6.07, 6.45) is 0. The lowest BCUT2D eigenvalue weighted by atomic mass is 10.2. The van der Waals surface area contributed by atoms with E-state index in [4.69, 9.17) is 11.6 Å². The van der Waals surface area contributed by atoms with Crippen molar-refractivity contribution in [2.24, 2.45) is 0 Å². The van der Waals surface area contributed by atoms with Crippen LogP contribution in [0.15, 0.2) is 53.8 Å². The van der Waals surface area contributed by atoms with Crippen LogP contribution in [0.25, 0.3) is 16.7 Å². The van der Waals surface area contributed by atoms with E-state index in [1.807, 2.05) is 0 Å². The van der Waals surface area contributed by atoms with Gasteiger partial charge >= 0.3 is 5.69 Å². The van der Waals surface area contributed by atoms with E-state index >= 15 is 0 Å². The SMILES string of the molecule is C=C(C)n1c(=O)n(C(=O)c2cccc(Cl)c2)c2cc([N+](=O)[O-])ccc21. The summed E-state index contributed by atoms with van der Waals surface area (Å²) in [4.78, 5) is 36.1. The lowest BCUT2D eigenvalue weighted by molar-refractivity contribution is -0.384. The predicted molar refractivity (Wildman–Crippen MR) is 95.0 cm³/mol. The molecule has 3 aromatic rings. The van der Waals surface area contributed by atoms with Crippen molar-refractivity contribution in [2.45, 2.75) is 6.92 Å². The largest absolute Gasteiger partial charge is 0.340 e. The maximum atomic E-state index is 12.8. The first-order valence-electron chi connectivity index (χ1n) is 7.19.